The Hall–Kier alpha value is -3.35. The van der Waals surface area contributed by atoms with Gasteiger partial charge in [0.1, 0.15) is 11.1 Å². The lowest BCUT2D eigenvalue weighted by Gasteiger charge is -2.37. The van der Waals surface area contributed by atoms with Crippen molar-refractivity contribution in [2.45, 2.75) is 62.5 Å². The molecule has 0 aliphatic carbocycles. The second-order valence-electron chi connectivity index (χ2n) is 11.1. The predicted octanol–water partition coefficient (Wildman–Crippen LogP) is 5.14. The van der Waals surface area contributed by atoms with Gasteiger partial charge in [-0.3, -0.25) is 9.59 Å². The number of amides is 2. The standard InChI is InChI=1S/C30H35N3O5S/c1-29(2,3)38-28(36)32-30(11-13-37-14-12-30)26(34)16-21(18-31)15-20-5-7-22(8-6-20)23-9-10-24-25(17-23)39-19-27(35)33(24)4/h5-10,17,21H,11-16,19H2,1-4H3,(H,32,36)/t21-/m1/s1. The fourth-order valence-electron chi connectivity index (χ4n) is 4.85. The van der Waals surface area contributed by atoms with E-state index in [-0.39, 0.29) is 18.1 Å². The number of ketones is 1. The van der Waals surface area contributed by atoms with Crippen LogP contribution < -0.4 is 10.2 Å². The van der Waals surface area contributed by atoms with Crippen LogP contribution in [0.15, 0.2) is 47.4 Å². The maximum absolute atomic E-state index is 13.5. The number of fused-ring (bicyclic) bond motifs is 1. The Labute approximate surface area is 234 Å². The van der Waals surface area contributed by atoms with E-state index in [2.05, 4.69) is 17.5 Å². The summed E-state index contributed by atoms with van der Waals surface area (Å²) >= 11 is 1.55. The third kappa shape index (κ3) is 7.00. The van der Waals surface area contributed by atoms with Crippen molar-refractivity contribution in [2.24, 2.45) is 5.92 Å². The molecule has 1 fully saturated rings. The summed E-state index contributed by atoms with van der Waals surface area (Å²) in [6, 6.07) is 16.3. The van der Waals surface area contributed by atoms with Crippen molar-refractivity contribution in [3.63, 3.8) is 0 Å². The molecule has 2 amide bonds. The van der Waals surface area contributed by atoms with E-state index in [1.807, 2.05) is 36.4 Å². The molecule has 0 saturated carbocycles. The second kappa shape index (κ2) is 11.8. The average Bonchev–Trinajstić information content (AvgIpc) is 2.90. The number of nitrogens with one attached hydrogen (secondary N) is 1. The number of ether oxygens (including phenoxy) is 2. The molecule has 0 radical (unpaired) electrons. The molecule has 2 aromatic carbocycles. The first-order valence-electron chi connectivity index (χ1n) is 13.1. The van der Waals surface area contributed by atoms with Crippen LogP contribution in [0.3, 0.4) is 0 Å². The van der Waals surface area contributed by atoms with E-state index in [0.717, 1.165) is 27.3 Å². The highest BCUT2D eigenvalue weighted by Crippen LogP contribution is 2.37. The number of nitrogens with zero attached hydrogens (tertiary/aromatic N) is 2. The number of carbonyl (C=O) groups excluding carboxylic acids is 3. The Morgan fingerprint density at radius 2 is 1.82 bits per heavy atom. The Bertz CT molecular complexity index is 1270. The molecule has 2 aliphatic heterocycles. The molecule has 8 nitrogen and oxygen atoms in total. The molecule has 0 spiro atoms. The zero-order valence-corrected chi connectivity index (χ0v) is 23.7. The van der Waals surface area contributed by atoms with Crippen LogP contribution in [0.4, 0.5) is 10.5 Å². The first-order chi connectivity index (χ1) is 18.5. The number of alkyl carbamates (subject to hydrolysis) is 1. The molecular weight excluding hydrogens is 514 g/mol. The highest BCUT2D eigenvalue weighted by Gasteiger charge is 2.42. The maximum Gasteiger partial charge on any atom is 0.408 e. The fourth-order valence-corrected chi connectivity index (χ4v) is 5.89. The van der Waals surface area contributed by atoms with Gasteiger partial charge in [0.15, 0.2) is 5.78 Å². The zero-order chi connectivity index (χ0) is 28.2. The Balaban J connectivity index is 1.43. The van der Waals surface area contributed by atoms with E-state index in [0.29, 0.717) is 38.2 Å². The van der Waals surface area contributed by atoms with Gasteiger partial charge in [-0.15, -0.1) is 11.8 Å². The molecule has 2 heterocycles. The molecule has 4 rings (SSSR count). The summed E-state index contributed by atoms with van der Waals surface area (Å²) in [6.45, 7) is 6.02. The number of carbonyl (C=O) groups is 3. The minimum absolute atomic E-state index is 0.0301. The summed E-state index contributed by atoms with van der Waals surface area (Å²) in [4.78, 5) is 40.7. The van der Waals surface area contributed by atoms with Crippen LogP contribution >= 0.6 is 11.8 Å². The first-order valence-corrected chi connectivity index (χ1v) is 14.1. The Morgan fingerprint density at radius 3 is 2.46 bits per heavy atom. The number of anilines is 1. The lowest BCUT2D eigenvalue weighted by molar-refractivity contribution is -0.130. The average molecular weight is 550 g/mol. The lowest BCUT2D eigenvalue weighted by Crippen LogP contribution is -2.58. The number of nitriles is 1. The van der Waals surface area contributed by atoms with Crippen molar-refractivity contribution in [3.05, 3.63) is 48.0 Å². The van der Waals surface area contributed by atoms with Gasteiger partial charge >= 0.3 is 6.09 Å². The van der Waals surface area contributed by atoms with Crippen LogP contribution in [0.25, 0.3) is 11.1 Å². The zero-order valence-electron chi connectivity index (χ0n) is 22.9. The Kier molecular flexibility index (Phi) is 8.67. The van der Waals surface area contributed by atoms with E-state index in [1.54, 1.807) is 44.5 Å². The van der Waals surface area contributed by atoms with Crippen LogP contribution in [0, 0.1) is 17.2 Å². The van der Waals surface area contributed by atoms with E-state index < -0.39 is 23.2 Å². The van der Waals surface area contributed by atoms with E-state index in [1.165, 1.54) is 0 Å². The van der Waals surface area contributed by atoms with Gasteiger partial charge in [-0.2, -0.15) is 5.26 Å². The van der Waals surface area contributed by atoms with Crippen molar-refractivity contribution in [1.29, 1.82) is 5.26 Å². The van der Waals surface area contributed by atoms with Crippen molar-refractivity contribution in [2.75, 3.05) is 30.9 Å². The van der Waals surface area contributed by atoms with E-state index in [4.69, 9.17) is 9.47 Å². The summed E-state index contributed by atoms with van der Waals surface area (Å²) < 4.78 is 10.8. The number of hydrogen-bond donors (Lipinski definition) is 1. The minimum atomic E-state index is -1.09. The van der Waals surface area contributed by atoms with E-state index in [9.17, 15) is 19.6 Å². The van der Waals surface area contributed by atoms with Crippen molar-refractivity contribution >= 4 is 35.2 Å². The fraction of sp³-hybridized carbons (Fsp3) is 0.467. The van der Waals surface area contributed by atoms with Gasteiger partial charge in [0, 0.05) is 44.4 Å². The van der Waals surface area contributed by atoms with Gasteiger partial charge in [-0.05, 0) is 56.0 Å². The van der Waals surface area contributed by atoms with Gasteiger partial charge < -0.3 is 19.7 Å². The van der Waals surface area contributed by atoms with Crippen molar-refractivity contribution in [3.8, 4) is 17.2 Å². The smallest absolute Gasteiger partial charge is 0.408 e. The molecule has 9 heteroatoms. The molecule has 1 saturated heterocycles. The predicted molar refractivity (Wildman–Crippen MR) is 151 cm³/mol. The van der Waals surface area contributed by atoms with Crippen molar-refractivity contribution < 1.29 is 23.9 Å². The van der Waals surface area contributed by atoms with Gasteiger partial charge in [0.05, 0.1) is 23.4 Å². The van der Waals surface area contributed by atoms with Crippen LogP contribution in [-0.4, -0.2) is 54.9 Å². The van der Waals surface area contributed by atoms with Crippen LogP contribution in [-0.2, 0) is 25.5 Å². The van der Waals surface area contributed by atoms with Gasteiger partial charge in [-0.25, -0.2) is 4.79 Å². The molecule has 1 N–H and O–H groups in total. The highest BCUT2D eigenvalue weighted by atomic mass is 32.2. The van der Waals surface area contributed by atoms with E-state index >= 15 is 0 Å². The number of hydrogen-bond acceptors (Lipinski definition) is 7. The molecule has 0 aromatic heterocycles. The van der Waals surface area contributed by atoms with Gasteiger partial charge in [-0.1, -0.05) is 30.3 Å². The minimum Gasteiger partial charge on any atom is -0.444 e. The molecule has 206 valence electrons. The number of rotatable bonds is 7. The third-order valence-electron chi connectivity index (χ3n) is 7.05. The molecule has 39 heavy (non-hydrogen) atoms. The van der Waals surface area contributed by atoms with Gasteiger partial charge in [0.25, 0.3) is 0 Å². The number of thioether (sulfide) groups is 1. The summed E-state index contributed by atoms with van der Waals surface area (Å²) in [6.07, 6.45) is 0.513. The van der Waals surface area contributed by atoms with Crippen molar-refractivity contribution in [1.82, 2.24) is 5.32 Å². The normalized spacial score (nSPS) is 17.5. The lowest BCUT2D eigenvalue weighted by atomic mass is 9.80. The maximum atomic E-state index is 13.5. The summed E-state index contributed by atoms with van der Waals surface area (Å²) in [5.41, 5.74) is 2.18. The number of Topliss-reactive ketones (excluding diaryl/α,β-unsaturated/α-hetero) is 1. The summed E-state index contributed by atoms with van der Waals surface area (Å²) in [5.74, 6) is -0.174. The quantitative estimate of drug-likeness (QED) is 0.510. The topological polar surface area (TPSA) is 109 Å². The van der Waals surface area contributed by atoms with Crippen LogP contribution in [0.2, 0.25) is 0 Å². The SMILES string of the molecule is CN1C(=O)CSc2cc(-c3ccc(C[C@@H](C#N)CC(=O)C4(NC(=O)OC(C)(C)C)CCOCC4)cc3)ccc21. The molecule has 0 unspecified atom stereocenters. The summed E-state index contributed by atoms with van der Waals surface area (Å²) in [5, 5.41) is 12.7. The second-order valence-corrected chi connectivity index (χ2v) is 12.1. The third-order valence-corrected chi connectivity index (χ3v) is 8.08. The first kappa shape index (κ1) is 28.7. The largest absolute Gasteiger partial charge is 0.444 e. The molecule has 2 aromatic rings. The molecule has 0 bridgehead atoms. The number of benzene rings is 2. The molecular formula is C30H35N3O5S. The van der Waals surface area contributed by atoms with Gasteiger partial charge in [0.2, 0.25) is 5.91 Å². The Morgan fingerprint density at radius 1 is 1.15 bits per heavy atom. The molecule has 2 aliphatic rings. The highest BCUT2D eigenvalue weighted by molar-refractivity contribution is 8.00. The van der Waals surface area contributed by atoms with Crippen LogP contribution in [0.1, 0.15) is 45.6 Å². The van der Waals surface area contributed by atoms with Crippen LogP contribution in [0.5, 0.6) is 0 Å². The monoisotopic (exact) mass is 549 g/mol. The summed E-state index contributed by atoms with van der Waals surface area (Å²) in [7, 11) is 1.79. The molecule has 1 atom stereocenters.